The highest BCUT2D eigenvalue weighted by Gasteiger charge is 2.31. The van der Waals surface area contributed by atoms with Gasteiger partial charge in [-0.2, -0.15) is 13.2 Å². The van der Waals surface area contributed by atoms with Crippen LogP contribution in [-0.2, 0) is 34.6 Å². The fourth-order valence-corrected chi connectivity index (χ4v) is 5.57. The molecule has 53 heavy (non-hydrogen) atoms. The van der Waals surface area contributed by atoms with E-state index in [1.807, 2.05) is 0 Å². The van der Waals surface area contributed by atoms with E-state index in [-0.39, 0.29) is 21.6 Å². The Hall–Kier alpha value is -4.52. The number of thioether (sulfide) groups is 1. The molecule has 1 aromatic heterocycles. The number of carbonyl (C=O) groups excluding carboxylic acids is 1. The molecule has 0 spiro atoms. The first-order valence-corrected chi connectivity index (χ1v) is 15.9. The second kappa shape index (κ2) is 16.7. The molecule has 1 amide bonds. The lowest BCUT2D eigenvalue weighted by atomic mass is 9.97. The normalized spacial score (nSPS) is 25.9. The SMILES string of the molecule is [2H]c1c([2H])c(F)c(F)c(CSc2c([2H])c(=O)c3c([2H])c([2H])c([2H])c([2H])c3n2CC(=O)N(Cc2c([2H])c([2H])c(-c3c([2H])c([2H])c(C(F)(F)F)c([2H])c3[2H])c([2H])c2C)C2([2H])C([2H])([2H])C([2H])([2H])N(CC([2H])([2H])OC)C([2H])([2H])C2([2H])[2H])c1[2H]. The van der Waals surface area contributed by atoms with Gasteiger partial charge in [-0.1, -0.05) is 54.4 Å². The number of halogens is 5. The number of fused-ring (bicyclic) bond motifs is 1. The molecular weight excluding hydrogens is 710 g/mol. The molecule has 0 saturated carbocycles. The van der Waals surface area contributed by atoms with E-state index in [1.54, 1.807) is 0 Å². The molecule has 5 aromatic rings. The number of benzene rings is 4. The summed E-state index contributed by atoms with van der Waals surface area (Å²) in [5, 5.41) is -2.04. The molecule has 0 atom stereocenters. The van der Waals surface area contributed by atoms with E-state index in [2.05, 4.69) is 4.74 Å². The van der Waals surface area contributed by atoms with E-state index in [1.165, 1.54) is 0 Å². The topological polar surface area (TPSA) is 54.8 Å². The number of alkyl halides is 3. The minimum Gasteiger partial charge on any atom is -0.383 e. The third-order valence-electron chi connectivity index (χ3n) is 7.25. The van der Waals surface area contributed by atoms with Crippen LogP contribution in [0.25, 0.3) is 22.0 Å². The number of nitrogens with zero attached hydrogens (tertiary/aromatic N) is 3. The fraction of sp³-hybridized carbons (Fsp3) is 0.317. The summed E-state index contributed by atoms with van der Waals surface area (Å²) in [5.41, 5.74) is -9.48. The number of pyridine rings is 1. The fourth-order valence-electron chi connectivity index (χ4n) is 4.61. The van der Waals surface area contributed by atoms with Gasteiger partial charge in [0.2, 0.25) is 5.91 Å². The number of methoxy groups -OCH3 is 1. The summed E-state index contributed by atoms with van der Waals surface area (Å²) < 4.78 is 304. The summed E-state index contributed by atoms with van der Waals surface area (Å²) in [6, 6.07) is -24.1. The zero-order valence-electron chi connectivity index (χ0n) is 53.2. The van der Waals surface area contributed by atoms with Crippen LogP contribution in [-0.4, -0.2) is 59.5 Å². The second-order valence-electron chi connectivity index (χ2n) is 10.7. The average Bonchev–Trinajstić information content (AvgIpc) is 3.35. The van der Waals surface area contributed by atoms with E-state index in [0.29, 0.717) is 4.57 Å². The lowest BCUT2D eigenvalue weighted by molar-refractivity contribution is -0.137. The van der Waals surface area contributed by atoms with E-state index < -0.39 is 233 Å². The zero-order valence-corrected chi connectivity index (χ0v) is 28.0. The molecule has 0 radical (unpaired) electrons. The molecule has 6 rings (SSSR count). The highest BCUT2D eigenvalue weighted by molar-refractivity contribution is 7.98. The van der Waals surface area contributed by atoms with Gasteiger partial charge in [-0.05, 0) is 72.1 Å². The van der Waals surface area contributed by atoms with Gasteiger partial charge in [0.15, 0.2) is 17.1 Å². The maximum atomic E-state index is 15.6. The predicted molar refractivity (Wildman–Crippen MR) is 198 cm³/mol. The molecule has 0 aliphatic carbocycles. The van der Waals surface area contributed by atoms with Gasteiger partial charge in [0.05, 0.1) is 47.3 Å². The summed E-state index contributed by atoms with van der Waals surface area (Å²) in [4.78, 5) is 29.0. The summed E-state index contributed by atoms with van der Waals surface area (Å²) >= 11 is 0.0582. The first-order valence-electron chi connectivity index (χ1n) is 27.9. The summed E-state index contributed by atoms with van der Waals surface area (Å²) in [7, 11) is 0.724. The molecule has 2 heterocycles. The summed E-state index contributed by atoms with van der Waals surface area (Å²) in [5.74, 6) is -6.93. The maximum absolute atomic E-state index is 15.6. The van der Waals surface area contributed by atoms with Gasteiger partial charge in [0.25, 0.3) is 0 Å². The number of ether oxygens (including phenoxy) is 1. The number of piperidine rings is 1. The van der Waals surface area contributed by atoms with E-state index >= 15 is 9.18 Å². The first-order chi connectivity index (χ1) is 35.8. The second-order valence-corrected chi connectivity index (χ2v) is 11.6. The van der Waals surface area contributed by atoms with Crippen molar-refractivity contribution in [1.29, 1.82) is 0 Å². The van der Waals surface area contributed by atoms with Crippen LogP contribution in [0.3, 0.4) is 0 Å². The average molecular weight is 776 g/mol. The number of amides is 1. The Labute approximate surface area is 345 Å². The van der Waals surface area contributed by atoms with Gasteiger partial charge < -0.3 is 19.1 Å². The number of para-hydroxylation sites is 1. The van der Waals surface area contributed by atoms with E-state index in [4.69, 9.17) is 28.8 Å². The summed E-state index contributed by atoms with van der Waals surface area (Å²) in [6.45, 7) is -15.8. The van der Waals surface area contributed by atoms with Crippen molar-refractivity contribution in [3.8, 4) is 11.1 Å². The molecule has 1 fully saturated rings. The quantitative estimate of drug-likeness (QED) is 0.0939. The van der Waals surface area contributed by atoms with E-state index in [0.717, 1.165) is 14.0 Å². The van der Waals surface area contributed by atoms with Crippen molar-refractivity contribution < 1.29 is 67.1 Å². The van der Waals surface area contributed by atoms with Crippen LogP contribution < -0.4 is 5.43 Å². The minimum absolute atomic E-state index is 0.0582. The standard InChI is InChI=1S/C41H40F5N3O3S/c1-27-22-29(28-12-14-32(15-13-28)41(44,45)46)10-11-30(27)24-48(33-16-18-47(19-17-33)20-21-52-2)38(51)25-49-36-9-4-3-7-34(36)37(50)23-39(49)53-26-31-6-5-8-35(42)40(31)43/h3-15,22-23,33H,16-21,24-26H2,1-2H3/i3D,4D,5D,6D,7D,8D,9D,10D,11D,12D,13D,14D,15D,16D2,17D2,18D2,19D2,21D2,22D,23D,33D. The molecule has 1 saturated heterocycles. The lowest BCUT2D eigenvalue weighted by Crippen LogP contribution is -2.48. The Morgan fingerprint density at radius 2 is 1.72 bits per heavy atom. The van der Waals surface area contributed by atoms with Gasteiger partial charge in [-0.15, -0.1) is 11.8 Å². The number of likely N-dealkylation sites (tertiary alicyclic amines) is 1. The molecule has 4 aromatic carbocycles. The van der Waals surface area contributed by atoms with Gasteiger partial charge in [0.1, 0.15) is 6.54 Å². The number of hydrogen-bond acceptors (Lipinski definition) is 5. The molecule has 1 aliphatic rings. The Kier molecular flexibility index (Phi) is 5.44. The molecule has 0 N–H and O–H groups in total. The van der Waals surface area contributed by atoms with Crippen LogP contribution in [0.1, 0.15) is 70.6 Å². The molecule has 0 unspecified atom stereocenters. The molecular formula is C41H40F5N3O3S. The summed E-state index contributed by atoms with van der Waals surface area (Å²) in [6.07, 6.45) is -14.3. The van der Waals surface area contributed by atoms with Gasteiger partial charge in [-0.3, -0.25) is 9.59 Å². The highest BCUT2D eigenvalue weighted by atomic mass is 32.2. The van der Waals surface area contributed by atoms with Crippen LogP contribution >= 0.6 is 11.8 Å². The minimum atomic E-state index is -5.48. The number of rotatable bonds is 12. The molecule has 12 heteroatoms. The number of hydrogen-bond donors (Lipinski definition) is 0. The van der Waals surface area contributed by atoms with Crippen LogP contribution in [0.2, 0.25) is 0 Å². The third-order valence-corrected chi connectivity index (χ3v) is 8.28. The Morgan fingerprint density at radius 3 is 2.43 bits per heavy atom. The van der Waals surface area contributed by atoms with E-state index in [9.17, 15) is 29.2 Å². The third kappa shape index (κ3) is 9.00. The number of aromatic nitrogens is 1. The van der Waals surface area contributed by atoms with Crippen LogP contribution in [0.4, 0.5) is 22.0 Å². The molecule has 1 aliphatic heterocycles. The highest BCUT2D eigenvalue weighted by Crippen LogP contribution is 2.32. The van der Waals surface area contributed by atoms with Crippen molar-refractivity contribution >= 4 is 28.6 Å². The van der Waals surface area contributed by atoms with Crippen molar-refractivity contribution in [3.63, 3.8) is 0 Å². The maximum Gasteiger partial charge on any atom is 0.416 e. The lowest BCUT2D eigenvalue weighted by Gasteiger charge is -2.39. The van der Waals surface area contributed by atoms with Crippen molar-refractivity contribution in [3.05, 3.63) is 135 Å². The Balaban J connectivity index is 1.73. The first kappa shape index (κ1) is 17.3. The number of carbonyl (C=O) groups is 1. The Bertz CT molecular complexity index is 3380. The van der Waals surface area contributed by atoms with Crippen molar-refractivity contribution in [2.75, 3.05) is 33.2 Å². The zero-order chi connectivity index (χ0) is 60.6. The van der Waals surface area contributed by atoms with Gasteiger partial charge >= 0.3 is 6.18 Å². The molecule has 0 bridgehead atoms. The van der Waals surface area contributed by atoms with Crippen LogP contribution in [0.15, 0.2) is 100 Å². The van der Waals surface area contributed by atoms with Gasteiger partial charge in [-0.25, -0.2) is 8.78 Å². The Morgan fingerprint density at radius 1 is 1.00 bits per heavy atom. The van der Waals surface area contributed by atoms with Crippen molar-refractivity contribution in [2.45, 2.75) is 55.7 Å². The van der Waals surface area contributed by atoms with Crippen molar-refractivity contribution in [1.82, 2.24) is 14.4 Å². The van der Waals surface area contributed by atoms with Crippen molar-refractivity contribution in [2.24, 2.45) is 0 Å². The monoisotopic (exact) mass is 775 g/mol. The predicted octanol–water partition coefficient (Wildman–Crippen LogP) is 8.71. The van der Waals surface area contributed by atoms with Gasteiger partial charge in [0, 0.05) is 72.9 Å². The largest absolute Gasteiger partial charge is 0.416 e. The molecule has 278 valence electrons. The smallest absolute Gasteiger partial charge is 0.383 e. The van der Waals surface area contributed by atoms with Crippen LogP contribution in [0.5, 0.6) is 0 Å². The van der Waals surface area contributed by atoms with Crippen LogP contribution in [0, 0.1) is 18.6 Å². The molecule has 6 nitrogen and oxygen atoms in total.